The molecule has 0 heterocycles. The summed E-state index contributed by atoms with van der Waals surface area (Å²) in [5, 5.41) is 0. The van der Waals surface area contributed by atoms with Gasteiger partial charge in [0.1, 0.15) is 0 Å². The summed E-state index contributed by atoms with van der Waals surface area (Å²) in [7, 11) is -0.814. The van der Waals surface area contributed by atoms with Gasteiger partial charge >= 0.3 is 37.8 Å². The number of rotatable bonds is 3. The van der Waals surface area contributed by atoms with Crippen molar-refractivity contribution in [2.75, 3.05) is 7.11 Å². The zero-order chi connectivity index (χ0) is 6.57. The van der Waals surface area contributed by atoms with Gasteiger partial charge in [0.25, 0.3) is 0 Å². The number of hydrogen-bond acceptors (Lipinski definition) is 3. The Bertz CT molecular complexity index is 85.9. The molecule has 52 valence electrons. The average Bonchev–Trinajstić information content (AvgIpc) is 1.65. The van der Waals surface area contributed by atoms with Crippen molar-refractivity contribution in [2.45, 2.75) is 20.0 Å². The second-order valence-corrected chi connectivity index (χ2v) is 2.76. The van der Waals surface area contributed by atoms with Crippen molar-refractivity contribution >= 4 is 37.8 Å². The van der Waals surface area contributed by atoms with Gasteiger partial charge in [-0.1, -0.05) is 0 Å². The Hall–Kier alpha value is 1.15. The minimum absolute atomic E-state index is 0. The van der Waals surface area contributed by atoms with Crippen molar-refractivity contribution in [3.8, 4) is 0 Å². The van der Waals surface area contributed by atoms with E-state index in [1.165, 1.54) is 7.11 Å². The molecule has 0 saturated heterocycles. The second-order valence-electron chi connectivity index (χ2n) is 1.62. The van der Waals surface area contributed by atoms with Gasteiger partial charge in [0.2, 0.25) is 0 Å². The Labute approximate surface area is 78.4 Å². The van der Waals surface area contributed by atoms with Crippen molar-refractivity contribution in [1.82, 2.24) is 0 Å². The standard InChI is InChI=1S/C4H11O3P.Na.H/c1-4(2)7-8(5)6-3;;/h4,8H,1-3H3;;. The molecular formula is C4H12NaO3P. The van der Waals surface area contributed by atoms with Crippen LogP contribution in [0.3, 0.4) is 0 Å². The Morgan fingerprint density at radius 3 is 2.00 bits per heavy atom. The fraction of sp³-hybridized carbons (Fsp3) is 1.00. The molecule has 0 aromatic heterocycles. The van der Waals surface area contributed by atoms with Crippen LogP contribution in [0.1, 0.15) is 13.8 Å². The van der Waals surface area contributed by atoms with Gasteiger partial charge in [-0.15, -0.1) is 0 Å². The van der Waals surface area contributed by atoms with Gasteiger partial charge in [0, 0.05) is 7.11 Å². The molecule has 3 nitrogen and oxygen atoms in total. The molecule has 0 aromatic rings. The Morgan fingerprint density at radius 2 is 1.89 bits per heavy atom. The summed E-state index contributed by atoms with van der Waals surface area (Å²) in [6.45, 7) is 3.61. The molecule has 0 fully saturated rings. The molecule has 0 amide bonds. The van der Waals surface area contributed by atoms with Gasteiger partial charge in [-0.25, -0.2) is 0 Å². The first-order chi connectivity index (χ1) is 3.66. The summed E-state index contributed by atoms with van der Waals surface area (Å²) in [5.74, 6) is 0. The van der Waals surface area contributed by atoms with E-state index in [1.807, 2.05) is 13.8 Å². The zero-order valence-corrected chi connectivity index (χ0v) is 6.30. The first-order valence-corrected chi connectivity index (χ1v) is 3.64. The third-order valence-electron chi connectivity index (χ3n) is 0.499. The van der Waals surface area contributed by atoms with Crippen molar-refractivity contribution in [2.24, 2.45) is 0 Å². The topological polar surface area (TPSA) is 35.5 Å². The van der Waals surface area contributed by atoms with Crippen LogP contribution in [0, 0.1) is 0 Å². The van der Waals surface area contributed by atoms with Crippen LogP contribution in [0.5, 0.6) is 0 Å². The van der Waals surface area contributed by atoms with E-state index in [1.54, 1.807) is 0 Å². The Kier molecular flexibility index (Phi) is 10.3. The first kappa shape index (κ1) is 12.8. The molecule has 0 bridgehead atoms. The van der Waals surface area contributed by atoms with E-state index in [4.69, 9.17) is 4.52 Å². The quantitative estimate of drug-likeness (QED) is 0.454. The third-order valence-corrected chi connectivity index (χ3v) is 1.50. The van der Waals surface area contributed by atoms with Gasteiger partial charge in [0.15, 0.2) is 0 Å². The fourth-order valence-corrected chi connectivity index (χ4v) is 0.722. The summed E-state index contributed by atoms with van der Waals surface area (Å²) < 4.78 is 19.5. The molecule has 0 spiro atoms. The summed E-state index contributed by atoms with van der Waals surface area (Å²) in [6.07, 6.45) is -0.0126. The van der Waals surface area contributed by atoms with Crippen LogP contribution in [0.25, 0.3) is 0 Å². The predicted molar refractivity (Wildman–Crippen MR) is 39.4 cm³/mol. The van der Waals surface area contributed by atoms with E-state index in [0.29, 0.717) is 0 Å². The molecule has 0 radical (unpaired) electrons. The molecule has 0 saturated carbocycles. The summed E-state index contributed by atoms with van der Waals surface area (Å²) in [6, 6.07) is 0. The van der Waals surface area contributed by atoms with E-state index in [-0.39, 0.29) is 35.7 Å². The van der Waals surface area contributed by atoms with Crippen molar-refractivity contribution < 1.29 is 13.6 Å². The van der Waals surface area contributed by atoms with E-state index in [9.17, 15) is 4.57 Å². The van der Waals surface area contributed by atoms with Crippen LogP contribution in [0.2, 0.25) is 0 Å². The molecule has 0 N–H and O–H groups in total. The molecule has 5 heteroatoms. The Morgan fingerprint density at radius 1 is 1.44 bits per heavy atom. The van der Waals surface area contributed by atoms with Crippen molar-refractivity contribution in [3.05, 3.63) is 0 Å². The molecule has 1 unspecified atom stereocenters. The van der Waals surface area contributed by atoms with Gasteiger partial charge in [0.05, 0.1) is 6.10 Å². The van der Waals surface area contributed by atoms with E-state index >= 15 is 0 Å². The minimum atomic E-state index is -2.18. The molecule has 0 aliphatic rings. The van der Waals surface area contributed by atoms with E-state index < -0.39 is 8.25 Å². The number of hydrogen-bond donors (Lipinski definition) is 0. The maximum absolute atomic E-state index is 10.4. The van der Waals surface area contributed by atoms with Crippen molar-refractivity contribution in [3.63, 3.8) is 0 Å². The fourth-order valence-electron chi connectivity index (χ4n) is 0.241. The SMILES string of the molecule is CO[PH](=O)OC(C)C.[NaH]. The molecule has 0 rings (SSSR count). The molecule has 0 aromatic carbocycles. The van der Waals surface area contributed by atoms with Crippen LogP contribution >= 0.6 is 8.25 Å². The van der Waals surface area contributed by atoms with E-state index in [2.05, 4.69) is 4.52 Å². The molecule has 9 heavy (non-hydrogen) atoms. The van der Waals surface area contributed by atoms with Crippen LogP contribution in [-0.4, -0.2) is 42.8 Å². The van der Waals surface area contributed by atoms with Crippen LogP contribution in [0.4, 0.5) is 0 Å². The van der Waals surface area contributed by atoms with Crippen molar-refractivity contribution in [1.29, 1.82) is 0 Å². The van der Waals surface area contributed by atoms with Crippen LogP contribution < -0.4 is 0 Å². The maximum atomic E-state index is 10.4. The second kappa shape index (κ2) is 7.26. The van der Waals surface area contributed by atoms with Crippen LogP contribution in [0.15, 0.2) is 0 Å². The van der Waals surface area contributed by atoms with Gasteiger partial charge in [-0.05, 0) is 13.8 Å². The normalized spacial score (nSPS) is 12.9. The van der Waals surface area contributed by atoms with Gasteiger partial charge in [-0.2, -0.15) is 0 Å². The van der Waals surface area contributed by atoms with Gasteiger partial charge in [-0.3, -0.25) is 4.57 Å². The summed E-state index contributed by atoms with van der Waals surface area (Å²) in [5.41, 5.74) is 0. The van der Waals surface area contributed by atoms with E-state index in [0.717, 1.165) is 0 Å². The zero-order valence-electron chi connectivity index (χ0n) is 5.30. The predicted octanol–water partition coefficient (Wildman–Crippen LogP) is 0.799. The molecule has 1 atom stereocenters. The molecular weight excluding hydrogens is 150 g/mol. The van der Waals surface area contributed by atoms with Gasteiger partial charge < -0.3 is 9.05 Å². The average molecular weight is 162 g/mol. The molecule has 0 aliphatic carbocycles. The summed E-state index contributed by atoms with van der Waals surface area (Å²) >= 11 is 0. The van der Waals surface area contributed by atoms with Crippen LogP contribution in [-0.2, 0) is 13.6 Å². The summed E-state index contributed by atoms with van der Waals surface area (Å²) in [4.78, 5) is 0. The third kappa shape index (κ3) is 9.15. The molecule has 0 aliphatic heterocycles. The monoisotopic (exact) mass is 162 g/mol. The Balaban J connectivity index is 0. The first-order valence-electron chi connectivity index (χ1n) is 2.41.